The highest BCUT2D eigenvalue weighted by atomic mass is 19.4. The van der Waals surface area contributed by atoms with Crippen LogP contribution < -0.4 is 0 Å². The number of pyridine rings is 1. The minimum absolute atomic E-state index is 0.00461. The summed E-state index contributed by atoms with van der Waals surface area (Å²) in [4.78, 5) is 31.9. The predicted octanol–water partition coefficient (Wildman–Crippen LogP) is 5.88. The summed E-state index contributed by atoms with van der Waals surface area (Å²) in [5.41, 5.74) is -0.645. The van der Waals surface area contributed by atoms with Gasteiger partial charge in [0.05, 0.1) is 34.4 Å². The van der Waals surface area contributed by atoms with Crippen molar-refractivity contribution >= 4 is 34.0 Å². The number of alkyl halides is 3. The normalized spacial score (nSPS) is 14.5. The van der Waals surface area contributed by atoms with Crippen molar-refractivity contribution in [2.45, 2.75) is 45.0 Å². The third-order valence-corrected chi connectivity index (χ3v) is 7.00. The Labute approximate surface area is 242 Å². The van der Waals surface area contributed by atoms with Gasteiger partial charge in [0.15, 0.2) is 0 Å². The number of benzene rings is 2. The molecule has 1 aliphatic heterocycles. The molecule has 0 N–H and O–H groups in total. The van der Waals surface area contributed by atoms with Crippen LogP contribution in [-0.4, -0.2) is 42.8 Å². The number of halogens is 3. The highest BCUT2D eigenvalue weighted by molar-refractivity contribution is 6.00. The van der Waals surface area contributed by atoms with Crippen molar-refractivity contribution in [3.05, 3.63) is 99.0 Å². The Morgan fingerprint density at radius 1 is 1.19 bits per heavy atom. The maximum atomic E-state index is 14.5. The van der Waals surface area contributed by atoms with Gasteiger partial charge in [0.1, 0.15) is 17.5 Å². The third kappa shape index (κ3) is 5.56. The molecule has 0 radical (unpaired) electrons. The largest absolute Gasteiger partial charge is 0.439 e. The molecule has 1 unspecified atom stereocenters. The van der Waals surface area contributed by atoms with Crippen LogP contribution in [0.5, 0.6) is 0 Å². The zero-order chi connectivity index (χ0) is 30.9. The fourth-order valence-electron chi connectivity index (χ4n) is 4.75. The summed E-state index contributed by atoms with van der Waals surface area (Å²) < 4.78 is 49.7. The lowest BCUT2D eigenvalue weighted by atomic mass is 9.95. The second-order valence-corrected chi connectivity index (χ2v) is 9.83. The van der Waals surface area contributed by atoms with Gasteiger partial charge < -0.3 is 4.74 Å². The first-order valence-electron chi connectivity index (χ1n) is 13.0. The van der Waals surface area contributed by atoms with Crippen LogP contribution in [0.15, 0.2) is 65.8 Å². The van der Waals surface area contributed by atoms with Crippen LogP contribution in [-0.2, 0) is 16.9 Å². The highest BCUT2D eigenvalue weighted by Crippen LogP contribution is 2.44. The van der Waals surface area contributed by atoms with Gasteiger partial charge in [-0.3, -0.25) is 15.1 Å². The van der Waals surface area contributed by atoms with E-state index in [1.54, 1.807) is 24.3 Å². The molecule has 0 bridgehead atoms. The van der Waals surface area contributed by atoms with E-state index in [0.717, 1.165) is 52.8 Å². The van der Waals surface area contributed by atoms with Gasteiger partial charge in [0, 0.05) is 35.2 Å². The van der Waals surface area contributed by atoms with Crippen LogP contribution in [0.25, 0.3) is 16.6 Å². The molecule has 0 saturated heterocycles. The van der Waals surface area contributed by atoms with Crippen molar-refractivity contribution in [2.24, 2.45) is 4.99 Å². The number of esters is 1. The van der Waals surface area contributed by atoms with Gasteiger partial charge >= 0.3 is 12.1 Å². The maximum Gasteiger partial charge on any atom is 0.434 e. The number of carbonyl (C=O) groups excluding carboxylic acids is 1. The van der Waals surface area contributed by atoms with Gasteiger partial charge in [-0.15, -0.1) is 5.10 Å². The van der Waals surface area contributed by atoms with Crippen LogP contribution in [0.4, 0.5) is 18.9 Å². The van der Waals surface area contributed by atoms with Crippen molar-refractivity contribution in [3.63, 3.8) is 0 Å². The van der Waals surface area contributed by atoms with Crippen molar-refractivity contribution in [1.29, 1.82) is 5.26 Å². The number of hydrogen-bond donors (Lipinski definition) is 0. The molecule has 1 aliphatic rings. The zero-order valence-electron chi connectivity index (χ0n) is 22.8. The number of aliphatic imine (C=N–C) groups is 1. The molecule has 0 saturated carbocycles. The molecular formula is C29H22F3N7O4. The molecule has 5 rings (SSSR count). The maximum absolute atomic E-state index is 14.5. The number of aromatic nitrogens is 4. The Morgan fingerprint density at radius 2 is 1.93 bits per heavy atom. The number of nitriles is 1. The number of allylic oxidation sites excluding steroid dienone is 1. The highest BCUT2D eigenvalue weighted by Gasteiger charge is 2.60. The number of hydrogen-bond acceptors (Lipinski definition) is 9. The summed E-state index contributed by atoms with van der Waals surface area (Å²) in [7, 11) is 0. The topological polar surface area (TPSA) is 149 Å². The van der Waals surface area contributed by atoms with Gasteiger partial charge in [-0.25, -0.2) is 14.5 Å². The summed E-state index contributed by atoms with van der Waals surface area (Å²) in [6, 6.07) is 13.0. The molecule has 0 aliphatic carbocycles. The number of carbonyl (C=O) groups is 1. The smallest absolute Gasteiger partial charge is 0.434 e. The Bertz CT molecular complexity index is 1860. The SMILES string of the molecule is CCC(OC(=O)c1ccc([N+](=O)[O-])cc1)(c1cn(Cc2ccc3c(C4=CCC(C)=N4)cc(C#N)nc3c2)nn1)C(F)(F)F. The van der Waals surface area contributed by atoms with Gasteiger partial charge in [-0.1, -0.05) is 30.3 Å². The number of nitrogens with zero attached hydrogens (tertiary/aromatic N) is 7. The molecule has 1 atom stereocenters. The monoisotopic (exact) mass is 589 g/mol. The minimum atomic E-state index is -5.06. The van der Waals surface area contributed by atoms with E-state index >= 15 is 0 Å². The number of rotatable bonds is 8. The Balaban J connectivity index is 1.45. The zero-order valence-corrected chi connectivity index (χ0v) is 22.8. The predicted molar refractivity (Wildman–Crippen MR) is 148 cm³/mol. The first-order chi connectivity index (χ1) is 20.4. The van der Waals surface area contributed by atoms with Crippen molar-refractivity contribution < 1.29 is 27.6 Å². The lowest BCUT2D eigenvalue weighted by molar-refractivity contribution is -0.384. The number of ether oxygens (including phenoxy) is 1. The Hall–Kier alpha value is -5.45. The van der Waals surface area contributed by atoms with E-state index in [9.17, 15) is 33.3 Å². The minimum Gasteiger partial charge on any atom is -0.439 e. The summed E-state index contributed by atoms with van der Waals surface area (Å²) in [5, 5.41) is 28.7. The summed E-state index contributed by atoms with van der Waals surface area (Å²) in [6.07, 6.45) is -2.05. The van der Waals surface area contributed by atoms with Crippen LogP contribution in [0.2, 0.25) is 0 Å². The fourth-order valence-corrected chi connectivity index (χ4v) is 4.75. The van der Waals surface area contributed by atoms with E-state index in [4.69, 9.17) is 4.74 Å². The second-order valence-electron chi connectivity index (χ2n) is 9.83. The van der Waals surface area contributed by atoms with Gasteiger partial charge in [0.2, 0.25) is 0 Å². The lowest BCUT2D eigenvalue weighted by Gasteiger charge is -2.32. The Morgan fingerprint density at radius 3 is 2.53 bits per heavy atom. The summed E-state index contributed by atoms with van der Waals surface area (Å²) in [6.45, 7) is 3.11. The average Bonchev–Trinajstić information content (AvgIpc) is 3.63. The number of nitro groups is 1. The van der Waals surface area contributed by atoms with E-state index in [-0.39, 0.29) is 23.5 Å². The standard InChI is InChI=1S/C29H22F3N7O4/c1-3-28(29(30,31)32,43-27(40)19-6-8-21(9-7-19)39(41)42)26-16-38(37-36-26)15-18-5-10-22-23(24-11-4-17(2)34-24)13-20(14-33)35-25(22)12-18/h5-13,16H,3-4,15H2,1-2H3. The molecular weight excluding hydrogens is 567 g/mol. The van der Waals surface area contributed by atoms with Crippen molar-refractivity contribution in [3.8, 4) is 6.07 Å². The lowest BCUT2D eigenvalue weighted by Crippen LogP contribution is -2.46. The second kappa shape index (κ2) is 11.1. The summed E-state index contributed by atoms with van der Waals surface area (Å²) in [5.74, 6) is -1.33. The third-order valence-electron chi connectivity index (χ3n) is 7.00. The number of nitro benzene ring substituents is 1. The van der Waals surface area contributed by atoms with Crippen molar-refractivity contribution in [2.75, 3.05) is 0 Å². The number of non-ortho nitro benzene ring substituents is 1. The van der Waals surface area contributed by atoms with Crippen LogP contribution >= 0.6 is 0 Å². The van der Waals surface area contributed by atoms with Crippen molar-refractivity contribution in [1.82, 2.24) is 20.0 Å². The van der Waals surface area contributed by atoms with Gasteiger partial charge in [0.25, 0.3) is 11.3 Å². The quantitative estimate of drug-likeness (QED) is 0.140. The molecule has 0 fully saturated rings. The molecule has 43 heavy (non-hydrogen) atoms. The molecule has 11 nitrogen and oxygen atoms in total. The molecule has 0 spiro atoms. The van der Waals surface area contributed by atoms with Crippen LogP contribution in [0.3, 0.4) is 0 Å². The first kappa shape index (κ1) is 29.1. The average molecular weight is 590 g/mol. The molecule has 2 aromatic carbocycles. The number of fused-ring (bicyclic) bond motifs is 1. The fraction of sp³-hybridized carbons (Fsp3) is 0.241. The van der Waals surface area contributed by atoms with E-state index in [2.05, 4.69) is 20.3 Å². The van der Waals surface area contributed by atoms with Gasteiger partial charge in [-0.05, 0) is 43.2 Å². The van der Waals surface area contributed by atoms with Gasteiger partial charge in [-0.2, -0.15) is 18.4 Å². The molecule has 0 amide bonds. The molecule has 218 valence electrons. The molecule has 3 heterocycles. The first-order valence-corrected chi connectivity index (χ1v) is 13.0. The van der Waals surface area contributed by atoms with E-state index in [0.29, 0.717) is 17.5 Å². The molecule has 4 aromatic rings. The molecule has 2 aromatic heterocycles. The van der Waals surface area contributed by atoms with E-state index < -0.39 is 34.8 Å². The molecule has 14 heteroatoms. The van der Waals surface area contributed by atoms with Crippen LogP contribution in [0.1, 0.15) is 59.6 Å². The summed E-state index contributed by atoms with van der Waals surface area (Å²) >= 11 is 0. The van der Waals surface area contributed by atoms with E-state index in [1.807, 2.05) is 19.1 Å². The van der Waals surface area contributed by atoms with Crippen LogP contribution in [0, 0.1) is 21.4 Å². The van der Waals surface area contributed by atoms with E-state index in [1.165, 1.54) is 11.6 Å². The Kier molecular flexibility index (Phi) is 7.49.